The van der Waals surface area contributed by atoms with Crippen molar-refractivity contribution < 1.29 is 36.4 Å². The van der Waals surface area contributed by atoms with E-state index in [1.54, 1.807) is 72.8 Å². The van der Waals surface area contributed by atoms with Gasteiger partial charge in [0.05, 0.1) is 16.0 Å². The Labute approximate surface area is 203 Å². The normalized spacial score (nSPS) is 19.1. The van der Waals surface area contributed by atoms with E-state index >= 15 is 0 Å². The predicted octanol–water partition coefficient (Wildman–Crippen LogP) is 3.55. The Hall–Kier alpha value is -3.53. The van der Waals surface area contributed by atoms with E-state index in [2.05, 4.69) is 0 Å². The minimum atomic E-state index is -4.09. The Bertz CT molecular complexity index is 1270. The molecule has 0 N–H and O–H groups in total. The van der Waals surface area contributed by atoms with Crippen LogP contribution in [0.1, 0.15) is 26.3 Å². The third-order valence-electron chi connectivity index (χ3n) is 5.51. The number of ether oxygens (including phenoxy) is 3. The summed E-state index contributed by atoms with van der Waals surface area (Å²) in [5.41, 5.74) is 0.328. The van der Waals surface area contributed by atoms with Crippen molar-refractivity contribution in [1.82, 2.24) is 0 Å². The zero-order valence-electron chi connectivity index (χ0n) is 19.0. The lowest BCUT2D eigenvalue weighted by Gasteiger charge is -2.15. The van der Waals surface area contributed by atoms with Gasteiger partial charge in [0.2, 0.25) is 0 Å². The number of benzene rings is 3. The Morgan fingerprint density at radius 3 is 1.91 bits per heavy atom. The van der Waals surface area contributed by atoms with Crippen LogP contribution in [0.25, 0.3) is 0 Å². The molecule has 1 heterocycles. The summed E-state index contributed by atoms with van der Waals surface area (Å²) in [4.78, 5) is 24.7. The standard InChI is InChI=1S/C26H24O8S/c1-19-12-14-22(15-13-19)35(29,30)33-18-26(17-32-25(28)21-10-6-3-7-11-21)23(34-26)16-31-24(27)20-8-4-2-5-9-20/h2-15,23H,16-18H2,1H3. The highest BCUT2D eigenvalue weighted by Gasteiger charge is 2.59. The zero-order valence-corrected chi connectivity index (χ0v) is 19.8. The number of aryl methyl sites for hydroxylation is 1. The molecule has 0 spiro atoms. The van der Waals surface area contributed by atoms with Crippen molar-refractivity contribution in [3.8, 4) is 0 Å². The molecule has 1 aliphatic rings. The maximum Gasteiger partial charge on any atom is 0.338 e. The van der Waals surface area contributed by atoms with Crippen LogP contribution in [0.4, 0.5) is 0 Å². The van der Waals surface area contributed by atoms with Gasteiger partial charge in [-0.2, -0.15) is 8.42 Å². The number of rotatable bonds is 10. The van der Waals surface area contributed by atoms with Gasteiger partial charge in [0, 0.05) is 0 Å². The van der Waals surface area contributed by atoms with Gasteiger partial charge < -0.3 is 14.2 Å². The second kappa shape index (κ2) is 10.4. The highest BCUT2D eigenvalue weighted by Crippen LogP contribution is 2.39. The monoisotopic (exact) mass is 496 g/mol. The SMILES string of the molecule is Cc1ccc(S(=O)(=O)OCC2(COC(=O)c3ccccc3)OC2COC(=O)c2ccccc2)cc1. The third-order valence-corrected chi connectivity index (χ3v) is 6.78. The molecule has 0 radical (unpaired) electrons. The van der Waals surface area contributed by atoms with Gasteiger partial charge in [-0.25, -0.2) is 9.59 Å². The largest absolute Gasteiger partial charge is 0.459 e. The van der Waals surface area contributed by atoms with E-state index in [0.29, 0.717) is 11.1 Å². The molecule has 3 aromatic rings. The van der Waals surface area contributed by atoms with Crippen LogP contribution in [0.3, 0.4) is 0 Å². The molecule has 1 saturated heterocycles. The summed E-state index contributed by atoms with van der Waals surface area (Å²) in [6.07, 6.45) is -0.716. The topological polar surface area (TPSA) is 109 Å². The first-order valence-corrected chi connectivity index (χ1v) is 12.3. The molecule has 3 aromatic carbocycles. The molecule has 4 rings (SSSR count). The predicted molar refractivity (Wildman–Crippen MR) is 125 cm³/mol. The maximum atomic E-state index is 12.7. The lowest BCUT2D eigenvalue weighted by molar-refractivity contribution is 0.0336. The van der Waals surface area contributed by atoms with Gasteiger partial charge in [-0.3, -0.25) is 4.18 Å². The van der Waals surface area contributed by atoms with Gasteiger partial charge >= 0.3 is 11.9 Å². The zero-order chi connectivity index (χ0) is 24.9. The highest BCUT2D eigenvalue weighted by molar-refractivity contribution is 7.86. The van der Waals surface area contributed by atoms with E-state index in [4.69, 9.17) is 18.4 Å². The summed E-state index contributed by atoms with van der Waals surface area (Å²) in [6.45, 7) is 0.980. The molecular weight excluding hydrogens is 472 g/mol. The van der Waals surface area contributed by atoms with E-state index in [1.807, 2.05) is 6.92 Å². The summed E-state index contributed by atoms with van der Waals surface area (Å²) >= 11 is 0. The molecule has 0 aliphatic carbocycles. The molecule has 2 unspecified atom stereocenters. The van der Waals surface area contributed by atoms with Gasteiger partial charge in [-0.05, 0) is 43.3 Å². The van der Waals surface area contributed by atoms with Gasteiger partial charge in [-0.1, -0.05) is 54.1 Å². The molecule has 1 aliphatic heterocycles. The van der Waals surface area contributed by atoms with Crippen LogP contribution in [-0.2, 0) is 28.5 Å². The molecule has 0 bridgehead atoms. The first-order valence-electron chi connectivity index (χ1n) is 10.9. The quantitative estimate of drug-likeness (QED) is 0.238. The fraction of sp³-hybridized carbons (Fsp3) is 0.231. The van der Waals surface area contributed by atoms with Crippen molar-refractivity contribution in [2.24, 2.45) is 0 Å². The van der Waals surface area contributed by atoms with E-state index in [1.165, 1.54) is 12.1 Å². The van der Waals surface area contributed by atoms with Crippen molar-refractivity contribution >= 4 is 22.1 Å². The maximum absolute atomic E-state index is 12.7. The molecule has 0 amide bonds. The molecule has 35 heavy (non-hydrogen) atoms. The highest BCUT2D eigenvalue weighted by atomic mass is 32.2. The molecular formula is C26H24O8S. The summed E-state index contributed by atoms with van der Waals surface area (Å²) in [5, 5.41) is 0. The lowest BCUT2D eigenvalue weighted by Crippen LogP contribution is -2.33. The number of carbonyl (C=O) groups is 2. The van der Waals surface area contributed by atoms with Crippen LogP contribution in [0.15, 0.2) is 89.8 Å². The molecule has 2 atom stereocenters. The summed E-state index contributed by atoms with van der Waals surface area (Å²) in [6, 6.07) is 23.0. The van der Waals surface area contributed by atoms with Crippen molar-refractivity contribution in [2.75, 3.05) is 19.8 Å². The first-order chi connectivity index (χ1) is 16.8. The smallest absolute Gasteiger partial charge is 0.338 e. The summed E-state index contributed by atoms with van der Waals surface area (Å²) in [5.74, 6) is -1.15. The Morgan fingerprint density at radius 2 is 1.34 bits per heavy atom. The molecule has 182 valence electrons. The summed E-state index contributed by atoms with van der Waals surface area (Å²) < 4.78 is 47.0. The van der Waals surface area contributed by atoms with Crippen LogP contribution in [0.5, 0.6) is 0 Å². The van der Waals surface area contributed by atoms with Crippen LogP contribution in [0, 0.1) is 6.92 Å². The fourth-order valence-corrected chi connectivity index (χ4v) is 4.30. The van der Waals surface area contributed by atoms with E-state index in [9.17, 15) is 18.0 Å². The van der Waals surface area contributed by atoms with E-state index in [0.717, 1.165) is 5.56 Å². The van der Waals surface area contributed by atoms with Crippen LogP contribution >= 0.6 is 0 Å². The number of epoxide rings is 1. The number of carbonyl (C=O) groups excluding carboxylic acids is 2. The molecule has 0 aromatic heterocycles. The summed E-state index contributed by atoms with van der Waals surface area (Å²) in [7, 11) is -4.09. The number of esters is 2. The van der Waals surface area contributed by atoms with Crippen LogP contribution in [-0.4, -0.2) is 51.9 Å². The van der Waals surface area contributed by atoms with E-state index < -0.39 is 40.4 Å². The van der Waals surface area contributed by atoms with Gasteiger partial charge in [0.1, 0.15) is 25.9 Å². The third kappa shape index (κ3) is 6.13. The number of hydrogen-bond donors (Lipinski definition) is 0. The molecule has 0 saturated carbocycles. The van der Waals surface area contributed by atoms with Crippen molar-refractivity contribution in [3.63, 3.8) is 0 Å². The Morgan fingerprint density at radius 1 is 0.800 bits per heavy atom. The van der Waals surface area contributed by atoms with Gasteiger partial charge in [-0.15, -0.1) is 0 Å². The van der Waals surface area contributed by atoms with Crippen LogP contribution < -0.4 is 0 Å². The molecule has 1 fully saturated rings. The first kappa shape index (κ1) is 24.6. The minimum Gasteiger partial charge on any atom is -0.459 e. The lowest BCUT2D eigenvalue weighted by atomic mass is 10.1. The van der Waals surface area contributed by atoms with Crippen molar-refractivity contribution in [1.29, 1.82) is 0 Å². The number of hydrogen-bond acceptors (Lipinski definition) is 8. The molecule has 8 nitrogen and oxygen atoms in total. The second-order valence-corrected chi connectivity index (χ2v) is 9.72. The van der Waals surface area contributed by atoms with Gasteiger partial charge in [0.25, 0.3) is 10.1 Å². The Balaban J connectivity index is 1.43. The van der Waals surface area contributed by atoms with Gasteiger partial charge in [0.15, 0.2) is 5.60 Å². The average Bonchev–Trinajstić information content (AvgIpc) is 3.59. The molecule has 9 heteroatoms. The van der Waals surface area contributed by atoms with Crippen molar-refractivity contribution in [3.05, 3.63) is 102 Å². The fourth-order valence-electron chi connectivity index (χ4n) is 3.34. The van der Waals surface area contributed by atoms with Crippen LogP contribution in [0.2, 0.25) is 0 Å². The average molecular weight is 497 g/mol. The van der Waals surface area contributed by atoms with E-state index in [-0.39, 0.29) is 18.1 Å². The minimum absolute atomic E-state index is 0.00719. The second-order valence-electron chi connectivity index (χ2n) is 8.11. The Kier molecular flexibility index (Phi) is 7.30. The van der Waals surface area contributed by atoms with Crippen molar-refractivity contribution in [2.45, 2.75) is 23.5 Å².